The number of piperazine rings is 1. The first-order valence-electron chi connectivity index (χ1n) is 8.52. The minimum atomic E-state index is 0.194. The van der Waals surface area contributed by atoms with Gasteiger partial charge in [-0.1, -0.05) is 24.3 Å². The van der Waals surface area contributed by atoms with E-state index in [1.54, 1.807) is 18.9 Å². The molecule has 2 aromatic rings. The van der Waals surface area contributed by atoms with Crippen molar-refractivity contribution in [3.8, 4) is 5.75 Å². The van der Waals surface area contributed by atoms with Crippen LogP contribution in [0.25, 0.3) is 0 Å². The zero-order valence-corrected chi connectivity index (χ0v) is 15.6. The predicted octanol–water partition coefficient (Wildman–Crippen LogP) is 3.44. The van der Waals surface area contributed by atoms with Gasteiger partial charge in [0.15, 0.2) is 0 Å². The van der Waals surface area contributed by atoms with Crippen LogP contribution in [0.5, 0.6) is 5.75 Å². The van der Waals surface area contributed by atoms with Gasteiger partial charge in [0.1, 0.15) is 5.75 Å². The van der Waals surface area contributed by atoms with Crippen LogP contribution in [0.1, 0.15) is 5.56 Å². The van der Waals surface area contributed by atoms with Gasteiger partial charge in [-0.2, -0.15) is 0 Å². The standard InChI is InChI=1S/C20H24N2O2S/c1-16-6-5-7-17(14-16)21-10-12-22(13-11-21)20(23)15-25-19-9-4-3-8-18(19)24-2/h3-9,14H,10-13,15H2,1-2H3. The van der Waals surface area contributed by atoms with Crippen LogP contribution in [0.2, 0.25) is 0 Å². The number of amides is 1. The lowest BCUT2D eigenvalue weighted by molar-refractivity contribution is -0.128. The van der Waals surface area contributed by atoms with Crippen LogP contribution in [0.4, 0.5) is 5.69 Å². The molecule has 1 aliphatic heterocycles. The molecule has 1 heterocycles. The molecule has 4 nitrogen and oxygen atoms in total. The molecule has 0 spiro atoms. The van der Waals surface area contributed by atoms with Crippen molar-refractivity contribution >= 4 is 23.4 Å². The van der Waals surface area contributed by atoms with Gasteiger partial charge in [-0.05, 0) is 36.8 Å². The topological polar surface area (TPSA) is 32.8 Å². The molecule has 3 rings (SSSR count). The molecule has 25 heavy (non-hydrogen) atoms. The van der Waals surface area contributed by atoms with Crippen molar-refractivity contribution < 1.29 is 9.53 Å². The fraction of sp³-hybridized carbons (Fsp3) is 0.350. The fourth-order valence-corrected chi connectivity index (χ4v) is 3.94. The Morgan fingerprint density at radius 3 is 2.56 bits per heavy atom. The number of nitrogens with zero attached hydrogens (tertiary/aromatic N) is 2. The average molecular weight is 356 g/mol. The first kappa shape index (κ1) is 17.7. The van der Waals surface area contributed by atoms with E-state index in [1.807, 2.05) is 29.2 Å². The molecule has 0 N–H and O–H groups in total. The van der Waals surface area contributed by atoms with Gasteiger partial charge in [0.25, 0.3) is 0 Å². The molecule has 1 fully saturated rings. The number of benzene rings is 2. The van der Waals surface area contributed by atoms with Gasteiger partial charge in [0, 0.05) is 36.8 Å². The first-order chi connectivity index (χ1) is 12.2. The monoisotopic (exact) mass is 356 g/mol. The Hall–Kier alpha value is -2.14. The Kier molecular flexibility index (Phi) is 5.87. The van der Waals surface area contributed by atoms with E-state index in [0.717, 1.165) is 36.8 Å². The van der Waals surface area contributed by atoms with Crippen molar-refractivity contribution in [2.24, 2.45) is 0 Å². The number of aryl methyl sites for hydroxylation is 1. The van der Waals surface area contributed by atoms with E-state index >= 15 is 0 Å². The highest BCUT2D eigenvalue weighted by Crippen LogP contribution is 2.29. The molecule has 1 amide bonds. The van der Waals surface area contributed by atoms with Crippen molar-refractivity contribution in [2.45, 2.75) is 11.8 Å². The Balaban J connectivity index is 1.51. The number of para-hydroxylation sites is 1. The van der Waals surface area contributed by atoms with Gasteiger partial charge < -0.3 is 14.5 Å². The van der Waals surface area contributed by atoms with Gasteiger partial charge in [-0.3, -0.25) is 4.79 Å². The molecule has 1 saturated heterocycles. The van der Waals surface area contributed by atoms with Crippen LogP contribution in [0.3, 0.4) is 0 Å². The highest BCUT2D eigenvalue weighted by atomic mass is 32.2. The maximum absolute atomic E-state index is 12.5. The molecule has 2 aromatic carbocycles. The highest BCUT2D eigenvalue weighted by Gasteiger charge is 2.21. The lowest BCUT2D eigenvalue weighted by atomic mass is 10.2. The lowest BCUT2D eigenvalue weighted by Gasteiger charge is -2.36. The molecule has 0 bridgehead atoms. The third kappa shape index (κ3) is 4.48. The number of ether oxygens (including phenoxy) is 1. The smallest absolute Gasteiger partial charge is 0.233 e. The van der Waals surface area contributed by atoms with E-state index in [2.05, 4.69) is 36.1 Å². The second-order valence-electron chi connectivity index (χ2n) is 6.15. The van der Waals surface area contributed by atoms with Crippen LogP contribution >= 0.6 is 11.8 Å². The van der Waals surface area contributed by atoms with Gasteiger partial charge in [-0.15, -0.1) is 11.8 Å². The summed E-state index contributed by atoms with van der Waals surface area (Å²) < 4.78 is 5.34. The zero-order valence-electron chi connectivity index (χ0n) is 14.8. The van der Waals surface area contributed by atoms with E-state index in [9.17, 15) is 4.79 Å². The van der Waals surface area contributed by atoms with Crippen LogP contribution in [-0.2, 0) is 4.79 Å². The number of rotatable bonds is 5. The van der Waals surface area contributed by atoms with Crippen molar-refractivity contribution in [3.63, 3.8) is 0 Å². The van der Waals surface area contributed by atoms with Crippen LogP contribution in [-0.4, -0.2) is 49.8 Å². The Morgan fingerprint density at radius 1 is 1.08 bits per heavy atom. The minimum Gasteiger partial charge on any atom is -0.496 e. The summed E-state index contributed by atoms with van der Waals surface area (Å²) in [6, 6.07) is 16.4. The zero-order chi connectivity index (χ0) is 17.6. The molecule has 0 aromatic heterocycles. The summed E-state index contributed by atoms with van der Waals surface area (Å²) in [4.78, 5) is 17.8. The normalized spacial score (nSPS) is 14.5. The Bertz CT molecular complexity index is 727. The van der Waals surface area contributed by atoms with Crippen molar-refractivity contribution in [3.05, 3.63) is 54.1 Å². The maximum Gasteiger partial charge on any atom is 0.233 e. The number of carbonyl (C=O) groups excluding carboxylic acids is 1. The number of methoxy groups -OCH3 is 1. The summed E-state index contributed by atoms with van der Waals surface area (Å²) in [6.45, 7) is 5.43. The SMILES string of the molecule is COc1ccccc1SCC(=O)N1CCN(c2cccc(C)c2)CC1. The van der Waals surface area contributed by atoms with E-state index < -0.39 is 0 Å². The summed E-state index contributed by atoms with van der Waals surface area (Å²) in [5.74, 6) is 1.47. The van der Waals surface area contributed by atoms with Crippen LogP contribution < -0.4 is 9.64 Å². The summed E-state index contributed by atoms with van der Waals surface area (Å²) in [5, 5.41) is 0. The summed E-state index contributed by atoms with van der Waals surface area (Å²) in [5.41, 5.74) is 2.51. The van der Waals surface area contributed by atoms with E-state index in [1.165, 1.54) is 11.3 Å². The largest absolute Gasteiger partial charge is 0.496 e. The molecular weight excluding hydrogens is 332 g/mol. The molecule has 5 heteroatoms. The molecule has 1 aliphatic rings. The van der Waals surface area contributed by atoms with Gasteiger partial charge in [0.2, 0.25) is 5.91 Å². The number of anilines is 1. The van der Waals surface area contributed by atoms with Crippen molar-refractivity contribution in [2.75, 3.05) is 43.9 Å². The molecule has 0 aliphatic carbocycles. The third-order valence-corrected chi connectivity index (χ3v) is 5.46. The van der Waals surface area contributed by atoms with Crippen molar-refractivity contribution in [1.29, 1.82) is 0 Å². The molecular formula is C20H24N2O2S. The summed E-state index contributed by atoms with van der Waals surface area (Å²) in [6.07, 6.45) is 0. The Labute approximate surface area is 153 Å². The van der Waals surface area contributed by atoms with E-state index in [-0.39, 0.29) is 5.91 Å². The number of hydrogen-bond acceptors (Lipinski definition) is 4. The fourth-order valence-electron chi connectivity index (χ4n) is 3.01. The van der Waals surface area contributed by atoms with Gasteiger partial charge >= 0.3 is 0 Å². The maximum atomic E-state index is 12.5. The van der Waals surface area contributed by atoms with Crippen molar-refractivity contribution in [1.82, 2.24) is 4.90 Å². The lowest BCUT2D eigenvalue weighted by Crippen LogP contribution is -2.49. The third-order valence-electron chi connectivity index (χ3n) is 4.42. The second kappa shape index (κ2) is 8.30. The van der Waals surface area contributed by atoms with E-state index in [0.29, 0.717) is 5.75 Å². The van der Waals surface area contributed by atoms with Crippen LogP contribution in [0.15, 0.2) is 53.4 Å². The van der Waals surface area contributed by atoms with Gasteiger partial charge in [-0.25, -0.2) is 0 Å². The number of hydrogen-bond donors (Lipinski definition) is 0. The first-order valence-corrected chi connectivity index (χ1v) is 9.51. The van der Waals surface area contributed by atoms with Gasteiger partial charge in [0.05, 0.1) is 12.9 Å². The Morgan fingerprint density at radius 2 is 1.84 bits per heavy atom. The quantitative estimate of drug-likeness (QED) is 0.769. The summed E-state index contributed by atoms with van der Waals surface area (Å²) >= 11 is 1.54. The highest BCUT2D eigenvalue weighted by molar-refractivity contribution is 8.00. The van der Waals surface area contributed by atoms with E-state index in [4.69, 9.17) is 4.74 Å². The second-order valence-corrected chi connectivity index (χ2v) is 7.16. The molecule has 0 atom stereocenters. The molecule has 0 saturated carbocycles. The number of thioether (sulfide) groups is 1. The molecule has 132 valence electrons. The molecule has 0 unspecified atom stereocenters. The minimum absolute atomic E-state index is 0.194. The number of carbonyl (C=O) groups is 1. The van der Waals surface area contributed by atoms with Crippen LogP contribution in [0, 0.1) is 6.92 Å². The average Bonchev–Trinajstić information content (AvgIpc) is 2.66. The molecule has 0 radical (unpaired) electrons. The summed E-state index contributed by atoms with van der Waals surface area (Å²) in [7, 11) is 1.66. The predicted molar refractivity (Wildman–Crippen MR) is 104 cm³/mol.